The number of aromatic nitrogens is 1. The Morgan fingerprint density at radius 2 is 2.00 bits per heavy atom. The third kappa shape index (κ3) is 4.95. The van der Waals surface area contributed by atoms with Crippen molar-refractivity contribution in [3.8, 4) is 0 Å². The SMILES string of the molecule is CCNC(=NCc1sc(C)nc1C)N1CCS(=O)(=O)C2(CCCCC2)C1.I. The molecule has 1 N–H and O–H groups in total. The van der Waals surface area contributed by atoms with Crippen molar-refractivity contribution in [1.29, 1.82) is 0 Å². The van der Waals surface area contributed by atoms with Crippen molar-refractivity contribution in [3.05, 3.63) is 15.6 Å². The number of hydrogen-bond acceptors (Lipinski definition) is 5. The van der Waals surface area contributed by atoms with E-state index in [1.165, 1.54) is 4.88 Å². The van der Waals surface area contributed by atoms with E-state index in [9.17, 15) is 8.42 Å². The first-order chi connectivity index (χ1) is 12.4. The van der Waals surface area contributed by atoms with E-state index in [1.54, 1.807) is 11.3 Å². The summed E-state index contributed by atoms with van der Waals surface area (Å²) < 4.78 is 25.1. The number of aliphatic imine (C=N–C) groups is 1. The highest BCUT2D eigenvalue weighted by molar-refractivity contribution is 14.0. The lowest BCUT2D eigenvalue weighted by Gasteiger charge is -2.45. The minimum absolute atomic E-state index is 0. The van der Waals surface area contributed by atoms with E-state index in [-0.39, 0.29) is 29.7 Å². The van der Waals surface area contributed by atoms with Crippen LogP contribution < -0.4 is 5.32 Å². The van der Waals surface area contributed by atoms with Crippen LogP contribution in [-0.2, 0) is 16.4 Å². The molecule has 1 saturated carbocycles. The van der Waals surface area contributed by atoms with Crippen LogP contribution >= 0.6 is 35.3 Å². The van der Waals surface area contributed by atoms with Crippen LogP contribution in [0.3, 0.4) is 0 Å². The predicted molar refractivity (Wildman–Crippen MR) is 123 cm³/mol. The van der Waals surface area contributed by atoms with Crippen molar-refractivity contribution in [2.75, 3.05) is 25.4 Å². The van der Waals surface area contributed by atoms with Gasteiger partial charge >= 0.3 is 0 Å². The topological polar surface area (TPSA) is 74.7 Å². The molecule has 1 saturated heterocycles. The quantitative estimate of drug-likeness (QED) is 0.372. The molecule has 154 valence electrons. The van der Waals surface area contributed by atoms with E-state index < -0.39 is 14.6 Å². The molecule has 3 rings (SSSR count). The Bertz CT molecular complexity index is 770. The molecule has 1 aliphatic heterocycles. The molecule has 2 heterocycles. The summed E-state index contributed by atoms with van der Waals surface area (Å²) in [5.41, 5.74) is 1.04. The van der Waals surface area contributed by atoms with Gasteiger partial charge in [-0.25, -0.2) is 18.4 Å². The van der Waals surface area contributed by atoms with Gasteiger partial charge in [0.05, 0.1) is 27.7 Å². The lowest BCUT2D eigenvalue weighted by Crippen LogP contribution is -2.60. The number of rotatable bonds is 3. The van der Waals surface area contributed by atoms with Gasteiger partial charge in [0.1, 0.15) is 0 Å². The van der Waals surface area contributed by atoms with Gasteiger partial charge in [-0.3, -0.25) is 0 Å². The number of guanidine groups is 1. The van der Waals surface area contributed by atoms with Gasteiger partial charge in [0.15, 0.2) is 15.8 Å². The number of hydrogen-bond donors (Lipinski definition) is 1. The number of nitrogens with one attached hydrogen (secondary N) is 1. The molecule has 27 heavy (non-hydrogen) atoms. The highest BCUT2D eigenvalue weighted by Crippen LogP contribution is 2.38. The second-order valence-electron chi connectivity index (χ2n) is 7.40. The molecule has 0 amide bonds. The van der Waals surface area contributed by atoms with Crippen LogP contribution in [0.2, 0.25) is 0 Å². The number of thiazole rings is 1. The molecular formula is C18H31IN4O2S2. The van der Waals surface area contributed by atoms with Crippen LogP contribution in [0.4, 0.5) is 0 Å². The maximum absolute atomic E-state index is 12.8. The maximum Gasteiger partial charge on any atom is 0.194 e. The zero-order valence-corrected chi connectivity index (χ0v) is 20.4. The molecule has 6 nitrogen and oxygen atoms in total. The van der Waals surface area contributed by atoms with Crippen LogP contribution in [0.15, 0.2) is 4.99 Å². The van der Waals surface area contributed by atoms with Crippen molar-refractivity contribution >= 4 is 51.1 Å². The van der Waals surface area contributed by atoms with Crippen LogP contribution in [-0.4, -0.2) is 54.4 Å². The second-order valence-corrected chi connectivity index (χ2v) is 11.2. The largest absolute Gasteiger partial charge is 0.357 e. The first kappa shape index (κ1) is 22.9. The summed E-state index contributed by atoms with van der Waals surface area (Å²) in [7, 11) is -3.03. The van der Waals surface area contributed by atoms with Crippen LogP contribution in [0.5, 0.6) is 0 Å². The number of nitrogens with zero attached hydrogens (tertiary/aromatic N) is 3. The van der Waals surface area contributed by atoms with E-state index in [1.807, 2.05) is 13.8 Å². The molecule has 1 aromatic rings. The monoisotopic (exact) mass is 526 g/mol. The molecule has 0 bridgehead atoms. The summed E-state index contributed by atoms with van der Waals surface area (Å²) in [6.45, 7) is 8.54. The molecular weight excluding hydrogens is 495 g/mol. The minimum atomic E-state index is -3.03. The van der Waals surface area contributed by atoms with Gasteiger partial charge in [-0.15, -0.1) is 35.3 Å². The van der Waals surface area contributed by atoms with Gasteiger partial charge in [-0.2, -0.15) is 0 Å². The van der Waals surface area contributed by atoms with Gasteiger partial charge in [0.25, 0.3) is 0 Å². The summed E-state index contributed by atoms with van der Waals surface area (Å²) in [6, 6.07) is 0. The second kappa shape index (κ2) is 9.39. The van der Waals surface area contributed by atoms with E-state index in [4.69, 9.17) is 4.99 Å². The molecule has 2 aliphatic rings. The third-order valence-corrected chi connectivity index (χ3v) is 9.17. The highest BCUT2D eigenvalue weighted by atomic mass is 127. The van der Waals surface area contributed by atoms with Crippen molar-refractivity contribution in [2.24, 2.45) is 4.99 Å². The molecule has 0 radical (unpaired) electrons. The number of sulfone groups is 1. The third-order valence-electron chi connectivity index (χ3n) is 5.54. The first-order valence-electron chi connectivity index (χ1n) is 9.55. The maximum atomic E-state index is 12.8. The fourth-order valence-electron chi connectivity index (χ4n) is 4.11. The first-order valence-corrected chi connectivity index (χ1v) is 12.0. The van der Waals surface area contributed by atoms with Crippen molar-refractivity contribution in [1.82, 2.24) is 15.2 Å². The summed E-state index contributed by atoms with van der Waals surface area (Å²) in [5.74, 6) is 1.06. The molecule has 1 aliphatic carbocycles. The summed E-state index contributed by atoms with van der Waals surface area (Å²) >= 11 is 1.68. The van der Waals surface area contributed by atoms with Gasteiger partial charge in [-0.05, 0) is 33.6 Å². The Morgan fingerprint density at radius 1 is 1.30 bits per heavy atom. The summed E-state index contributed by atoms with van der Waals surface area (Å²) in [6.07, 6.45) is 4.76. The van der Waals surface area contributed by atoms with Gasteiger partial charge in [0.2, 0.25) is 0 Å². The van der Waals surface area contributed by atoms with E-state index in [0.29, 0.717) is 19.6 Å². The van der Waals surface area contributed by atoms with Crippen molar-refractivity contribution in [3.63, 3.8) is 0 Å². The zero-order valence-electron chi connectivity index (χ0n) is 16.5. The minimum Gasteiger partial charge on any atom is -0.357 e. The van der Waals surface area contributed by atoms with Gasteiger partial charge < -0.3 is 10.2 Å². The fourth-order valence-corrected chi connectivity index (χ4v) is 7.13. The van der Waals surface area contributed by atoms with E-state index >= 15 is 0 Å². The molecule has 1 aromatic heterocycles. The molecule has 0 unspecified atom stereocenters. The molecule has 9 heteroatoms. The normalized spacial score (nSPS) is 21.7. The Kier molecular flexibility index (Phi) is 7.95. The Balaban J connectivity index is 0.00000261. The van der Waals surface area contributed by atoms with Crippen LogP contribution in [0, 0.1) is 13.8 Å². The summed E-state index contributed by atoms with van der Waals surface area (Å²) in [5, 5.41) is 4.42. The lowest BCUT2D eigenvalue weighted by atomic mass is 9.87. The standard InChI is InChI=1S/C18H30N4O2S2.HI/c1-4-19-17(20-12-16-14(2)21-15(3)25-16)22-10-11-26(23,24)18(13-22)8-6-5-7-9-18;/h4-13H2,1-3H3,(H,19,20);1H. The van der Waals surface area contributed by atoms with Crippen LogP contribution in [0.1, 0.15) is 54.6 Å². The van der Waals surface area contributed by atoms with Gasteiger partial charge in [0, 0.05) is 24.5 Å². The van der Waals surface area contributed by atoms with Crippen molar-refractivity contribution < 1.29 is 8.42 Å². The Hall–Kier alpha value is -0.420. The van der Waals surface area contributed by atoms with E-state index in [2.05, 4.69) is 22.1 Å². The Morgan fingerprint density at radius 3 is 2.59 bits per heavy atom. The molecule has 2 fully saturated rings. The van der Waals surface area contributed by atoms with E-state index in [0.717, 1.165) is 55.3 Å². The lowest BCUT2D eigenvalue weighted by molar-refractivity contribution is 0.274. The predicted octanol–water partition coefficient (Wildman–Crippen LogP) is 3.28. The smallest absolute Gasteiger partial charge is 0.194 e. The molecule has 0 aromatic carbocycles. The average Bonchev–Trinajstić information content (AvgIpc) is 2.93. The highest BCUT2D eigenvalue weighted by Gasteiger charge is 2.48. The van der Waals surface area contributed by atoms with Gasteiger partial charge in [-0.1, -0.05) is 19.3 Å². The molecule has 0 atom stereocenters. The average molecular weight is 527 g/mol. The van der Waals surface area contributed by atoms with Crippen molar-refractivity contribution in [2.45, 2.75) is 64.2 Å². The van der Waals surface area contributed by atoms with Crippen LogP contribution in [0.25, 0.3) is 0 Å². The zero-order chi connectivity index (χ0) is 18.8. The summed E-state index contributed by atoms with van der Waals surface area (Å²) in [4.78, 5) is 12.6. The Labute approximate surface area is 184 Å². The number of halogens is 1. The fraction of sp³-hybridized carbons (Fsp3) is 0.778. The molecule has 1 spiro atoms. The number of aryl methyl sites for hydroxylation is 2.